The Kier molecular flexibility index (Phi) is 7.79. The molecule has 2 nitrogen and oxygen atoms in total. The molecule has 1 radical (unpaired) electrons. The molecule has 0 amide bonds. The fraction of sp³-hybridized carbons (Fsp3) is 0.222. The molecule has 2 aromatic carbocycles. The molecule has 2 aromatic rings. The zero-order valence-corrected chi connectivity index (χ0v) is 16.1. The van der Waals surface area contributed by atoms with Gasteiger partial charge in [0.05, 0.1) is 0 Å². The van der Waals surface area contributed by atoms with Crippen molar-refractivity contribution in [3.8, 4) is 0 Å². The van der Waals surface area contributed by atoms with Gasteiger partial charge in [0.2, 0.25) is 0 Å². The first-order valence-corrected chi connectivity index (χ1v) is 7.22. The molecule has 117 valence electrons. The van der Waals surface area contributed by atoms with E-state index in [1.165, 1.54) is 29.8 Å². The molecule has 0 saturated carbocycles. The molecule has 1 aliphatic rings. The van der Waals surface area contributed by atoms with Crippen molar-refractivity contribution >= 4 is 18.2 Å². The topological polar surface area (TPSA) is 37.3 Å². The van der Waals surface area contributed by atoms with Crippen LogP contribution in [0.2, 0.25) is 6.32 Å². The summed E-state index contributed by atoms with van der Waals surface area (Å²) in [5.74, 6) is -0.385. The molecule has 0 saturated heterocycles. The van der Waals surface area contributed by atoms with Gasteiger partial charge in [-0.3, -0.25) is 4.79 Å². The van der Waals surface area contributed by atoms with Gasteiger partial charge in [0.1, 0.15) is 5.82 Å². The van der Waals surface area contributed by atoms with E-state index in [4.69, 9.17) is 0 Å². The number of ketones is 1. The average Bonchev–Trinajstić information content (AvgIpc) is 2.49. The van der Waals surface area contributed by atoms with Crippen LogP contribution in [0.1, 0.15) is 27.9 Å². The van der Waals surface area contributed by atoms with Crippen LogP contribution < -0.4 is 5.46 Å². The normalized spacial score (nSPS) is 12.7. The van der Waals surface area contributed by atoms with Crippen LogP contribution in [0.3, 0.4) is 0 Å². The Morgan fingerprint density at radius 2 is 1.87 bits per heavy atom. The number of Topliss-reactive ketones (excluding diaryl/α,β-unsaturated/α-hetero) is 1. The van der Waals surface area contributed by atoms with Crippen molar-refractivity contribution in [2.45, 2.75) is 25.6 Å². The van der Waals surface area contributed by atoms with E-state index in [1.54, 1.807) is 0 Å². The van der Waals surface area contributed by atoms with E-state index in [9.17, 15) is 14.2 Å². The second kappa shape index (κ2) is 8.86. The average molecular weight is 386 g/mol. The fourth-order valence-electron chi connectivity index (χ4n) is 2.86. The van der Waals surface area contributed by atoms with Crippen LogP contribution in [-0.4, -0.2) is 17.7 Å². The van der Waals surface area contributed by atoms with Crippen LogP contribution >= 0.6 is 0 Å². The maximum absolute atomic E-state index is 12.9. The number of rotatable bonds is 3. The number of hydrogen-bond donors (Lipinski definition) is 1. The molecule has 3 rings (SSSR count). The van der Waals surface area contributed by atoms with Crippen LogP contribution in [0.4, 0.5) is 4.39 Å². The Labute approximate surface area is 162 Å². The van der Waals surface area contributed by atoms with Gasteiger partial charge in [-0.2, -0.15) is 0 Å². The van der Waals surface area contributed by atoms with Gasteiger partial charge < -0.3 is 12.5 Å². The number of benzene rings is 2. The van der Waals surface area contributed by atoms with Gasteiger partial charge >= 0.3 is 6.92 Å². The molecule has 0 atom stereocenters. The molecule has 0 aliphatic carbocycles. The molecular formula is C18H19BFO2Y-. The van der Waals surface area contributed by atoms with Gasteiger partial charge in [0.25, 0.3) is 0 Å². The largest absolute Gasteiger partial charge is 0.446 e. The molecule has 0 fully saturated rings. The Morgan fingerprint density at radius 3 is 2.57 bits per heavy atom. The molecule has 0 unspecified atom stereocenters. The molecule has 0 bridgehead atoms. The van der Waals surface area contributed by atoms with Crippen molar-refractivity contribution in [2.75, 3.05) is 0 Å². The van der Waals surface area contributed by atoms with Gasteiger partial charge in [-0.05, 0) is 48.0 Å². The van der Waals surface area contributed by atoms with E-state index < -0.39 is 6.92 Å². The SMILES string of the molecule is O=C(Cc1ccc2c(c1)B(O)CCC2)c1ccc(F)cc1.[CH3-].[Y]. The van der Waals surface area contributed by atoms with Crippen molar-refractivity contribution in [1.29, 1.82) is 0 Å². The van der Waals surface area contributed by atoms with E-state index in [-0.39, 0.29) is 58.2 Å². The molecule has 0 spiro atoms. The van der Waals surface area contributed by atoms with Gasteiger partial charge in [-0.25, -0.2) is 4.39 Å². The molecular weight excluding hydrogens is 367 g/mol. The van der Waals surface area contributed by atoms with Gasteiger partial charge in [0.15, 0.2) is 5.78 Å². The first kappa shape index (κ1) is 20.2. The number of carbonyl (C=O) groups excluding carboxylic acids is 1. The minimum atomic E-state index is -0.422. The van der Waals surface area contributed by atoms with Crippen molar-refractivity contribution in [3.05, 3.63) is 72.4 Å². The van der Waals surface area contributed by atoms with Gasteiger partial charge in [-0.15, -0.1) is 0 Å². The van der Waals surface area contributed by atoms with Crippen molar-refractivity contribution in [1.82, 2.24) is 0 Å². The van der Waals surface area contributed by atoms with Crippen molar-refractivity contribution in [3.63, 3.8) is 0 Å². The Hall–Kier alpha value is -0.831. The first-order valence-electron chi connectivity index (χ1n) is 7.22. The maximum Gasteiger partial charge on any atom is 0.323 e. The minimum absolute atomic E-state index is 0. The van der Waals surface area contributed by atoms with E-state index in [2.05, 4.69) is 0 Å². The number of aryl methyl sites for hydroxylation is 1. The third-order valence-electron chi connectivity index (χ3n) is 4.02. The summed E-state index contributed by atoms with van der Waals surface area (Å²) in [6.07, 6.45) is 3.04. The van der Waals surface area contributed by atoms with Crippen LogP contribution in [0.25, 0.3) is 0 Å². The fourth-order valence-corrected chi connectivity index (χ4v) is 2.86. The summed E-state index contributed by atoms with van der Waals surface area (Å²) in [6, 6.07) is 11.5. The van der Waals surface area contributed by atoms with Crippen molar-refractivity contribution in [2.24, 2.45) is 0 Å². The molecule has 0 aromatic heterocycles. The Balaban J connectivity index is 0.00000132. The standard InChI is InChI=1S/C17H16BFO2.CH3.Y/c19-15-7-5-14(6-8-15)17(20)11-12-3-4-13-2-1-9-18(21)16(13)10-12;;/h3-8,10,21H,1-2,9,11H2;1H3;/q;-1;. The summed E-state index contributed by atoms with van der Waals surface area (Å²) in [7, 11) is 0. The summed E-state index contributed by atoms with van der Waals surface area (Å²) in [5, 5.41) is 10.0. The Morgan fingerprint density at radius 1 is 1.17 bits per heavy atom. The van der Waals surface area contributed by atoms with E-state index in [1.807, 2.05) is 18.2 Å². The molecule has 1 aliphatic heterocycles. The number of hydrogen-bond acceptors (Lipinski definition) is 2. The van der Waals surface area contributed by atoms with Crippen LogP contribution in [0.5, 0.6) is 0 Å². The van der Waals surface area contributed by atoms with Crippen LogP contribution in [-0.2, 0) is 45.6 Å². The zero-order chi connectivity index (χ0) is 14.8. The third kappa shape index (κ3) is 4.82. The predicted octanol–water partition coefficient (Wildman–Crippen LogP) is 2.84. The smallest absolute Gasteiger partial charge is 0.323 e. The van der Waals surface area contributed by atoms with E-state index in [0.29, 0.717) is 5.56 Å². The van der Waals surface area contributed by atoms with Gasteiger partial charge in [-0.1, -0.05) is 30.2 Å². The predicted molar refractivity (Wildman–Crippen MR) is 88.0 cm³/mol. The number of halogens is 1. The number of carbonyl (C=O) groups is 1. The van der Waals surface area contributed by atoms with Crippen LogP contribution in [0.15, 0.2) is 42.5 Å². The molecule has 23 heavy (non-hydrogen) atoms. The van der Waals surface area contributed by atoms with Crippen LogP contribution in [0, 0.1) is 13.2 Å². The summed E-state index contributed by atoms with van der Waals surface area (Å²) < 4.78 is 12.9. The molecule has 1 N–H and O–H groups in total. The first-order chi connectivity index (χ1) is 10.1. The van der Waals surface area contributed by atoms with Crippen molar-refractivity contribution < 1.29 is 46.9 Å². The summed E-state index contributed by atoms with van der Waals surface area (Å²) in [6.45, 7) is -0.422. The monoisotopic (exact) mass is 386 g/mol. The minimum Gasteiger partial charge on any atom is -0.446 e. The zero-order valence-electron chi connectivity index (χ0n) is 13.3. The molecule has 1 heterocycles. The second-order valence-corrected chi connectivity index (χ2v) is 5.55. The second-order valence-electron chi connectivity index (χ2n) is 5.55. The van der Waals surface area contributed by atoms with Gasteiger partial charge in [0, 0.05) is 44.7 Å². The maximum atomic E-state index is 12.9. The number of fused-ring (bicyclic) bond motifs is 1. The Bertz CT molecular complexity index is 673. The summed E-state index contributed by atoms with van der Waals surface area (Å²) >= 11 is 0. The summed E-state index contributed by atoms with van der Waals surface area (Å²) in [5.41, 5.74) is 3.52. The summed E-state index contributed by atoms with van der Waals surface area (Å²) in [4.78, 5) is 12.2. The quantitative estimate of drug-likeness (QED) is 0.501. The van der Waals surface area contributed by atoms with E-state index in [0.717, 1.165) is 30.2 Å². The third-order valence-corrected chi connectivity index (χ3v) is 4.02. The van der Waals surface area contributed by atoms with E-state index >= 15 is 0 Å². The molecule has 5 heteroatoms.